The van der Waals surface area contributed by atoms with Gasteiger partial charge >= 0.3 is 5.97 Å². The summed E-state index contributed by atoms with van der Waals surface area (Å²) in [6, 6.07) is 5.90. The number of amides is 1. The lowest BCUT2D eigenvalue weighted by Gasteiger charge is -2.16. The molecule has 0 saturated carbocycles. The first-order valence-corrected chi connectivity index (χ1v) is 7.93. The van der Waals surface area contributed by atoms with Gasteiger partial charge in [-0.05, 0) is 66.2 Å². The molecule has 0 spiro atoms. The largest absolute Gasteiger partial charge is 0.469 e. The van der Waals surface area contributed by atoms with Crippen LogP contribution in [0, 0.1) is 16.4 Å². The quantitative estimate of drug-likeness (QED) is 0.619. The minimum Gasteiger partial charge on any atom is -0.469 e. The van der Waals surface area contributed by atoms with E-state index in [-0.39, 0.29) is 17.8 Å². The number of aryl methyl sites for hydroxylation is 1. The molecule has 0 bridgehead atoms. The molecule has 1 N–H and O–H groups in total. The zero-order valence-electron chi connectivity index (χ0n) is 12.2. The highest BCUT2D eigenvalue weighted by Gasteiger charge is 2.29. The Hall–Kier alpha value is -1.15. The van der Waals surface area contributed by atoms with Crippen LogP contribution in [0.5, 0.6) is 0 Å². The highest BCUT2D eigenvalue weighted by Crippen LogP contribution is 2.19. The monoisotopic (exact) mass is 402 g/mol. The van der Waals surface area contributed by atoms with Crippen LogP contribution in [-0.4, -0.2) is 43.5 Å². The van der Waals surface area contributed by atoms with Crippen LogP contribution >= 0.6 is 22.6 Å². The van der Waals surface area contributed by atoms with Crippen LogP contribution in [-0.2, 0) is 14.3 Å². The Balaban J connectivity index is 1.87. The Kier molecular flexibility index (Phi) is 5.58. The summed E-state index contributed by atoms with van der Waals surface area (Å²) in [5, 5.41) is 2.92. The van der Waals surface area contributed by atoms with E-state index < -0.39 is 0 Å². The SMILES string of the molecule is COC(=O)C1CCN(CC(=O)Nc2ccc(I)cc2C)C1. The number of esters is 1. The Labute approximate surface area is 138 Å². The molecule has 1 atom stereocenters. The van der Waals surface area contributed by atoms with E-state index in [1.54, 1.807) is 0 Å². The normalized spacial score (nSPS) is 18.5. The van der Waals surface area contributed by atoms with E-state index in [4.69, 9.17) is 4.74 Å². The molecule has 1 aliphatic heterocycles. The Bertz CT molecular complexity index is 548. The molecule has 0 aromatic heterocycles. The second-order valence-corrected chi connectivity index (χ2v) is 6.50. The van der Waals surface area contributed by atoms with Gasteiger partial charge in [-0.3, -0.25) is 14.5 Å². The number of nitrogens with one attached hydrogen (secondary N) is 1. The van der Waals surface area contributed by atoms with E-state index in [0.717, 1.165) is 27.8 Å². The first-order chi connectivity index (χ1) is 9.99. The molecule has 1 unspecified atom stereocenters. The average Bonchev–Trinajstić information content (AvgIpc) is 2.89. The van der Waals surface area contributed by atoms with Gasteiger partial charge in [0.05, 0.1) is 19.6 Å². The number of benzene rings is 1. The van der Waals surface area contributed by atoms with Crippen LogP contribution in [0.2, 0.25) is 0 Å². The molecule has 1 aromatic carbocycles. The zero-order chi connectivity index (χ0) is 15.4. The Morgan fingerprint density at radius 2 is 2.24 bits per heavy atom. The molecule has 2 rings (SSSR count). The van der Waals surface area contributed by atoms with Crippen molar-refractivity contribution in [1.82, 2.24) is 4.90 Å². The molecule has 114 valence electrons. The summed E-state index contributed by atoms with van der Waals surface area (Å²) in [5.74, 6) is -0.348. The first-order valence-electron chi connectivity index (χ1n) is 6.86. The lowest BCUT2D eigenvalue weighted by Crippen LogP contribution is -2.32. The van der Waals surface area contributed by atoms with E-state index in [1.807, 2.05) is 30.0 Å². The van der Waals surface area contributed by atoms with Gasteiger partial charge in [0.15, 0.2) is 0 Å². The van der Waals surface area contributed by atoms with Crippen molar-refractivity contribution in [3.63, 3.8) is 0 Å². The summed E-state index contributed by atoms with van der Waals surface area (Å²) < 4.78 is 5.89. The van der Waals surface area contributed by atoms with Crippen molar-refractivity contribution >= 4 is 40.2 Å². The van der Waals surface area contributed by atoms with Gasteiger partial charge < -0.3 is 10.1 Å². The lowest BCUT2D eigenvalue weighted by molar-refractivity contribution is -0.145. The standard InChI is InChI=1S/C15H19IN2O3/c1-10-7-12(16)3-4-13(10)17-14(19)9-18-6-5-11(8-18)15(20)21-2/h3-4,7,11H,5-6,8-9H2,1-2H3,(H,17,19). The molecule has 5 nitrogen and oxygen atoms in total. The van der Waals surface area contributed by atoms with E-state index in [2.05, 4.69) is 27.9 Å². The average molecular weight is 402 g/mol. The third kappa shape index (κ3) is 4.41. The summed E-state index contributed by atoms with van der Waals surface area (Å²) in [7, 11) is 1.40. The summed E-state index contributed by atoms with van der Waals surface area (Å²) in [5.41, 5.74) is 1.88. The third-order valence-electron chi connectivity index (χ3n) is 3.64. The van der Waals surface area contributed by atoms with E-state index in [1.165, 1.54) is 7.11 Å². The van der Waals surface area contributed by atoms with Crippen molar-refractivity contribution in [2.75, 3.05) is 32.1 Å². The highest BCUT2D eigenvalue weighted by molar-refractivity contribution is 14.1. The molecule has 1 aromatic rings. The van der Waals surface area contributed by atoms with Gasteiger partial charge in [-0.2, -0.15) is 0 Å². The third-order valence-corrected chi connectivity index (χ3v) is 4.31. The number of rotatable bonds is 4. The molecule has 1 amide bonds. The number of carbonyl (C=O) groups is 2. The number of hydrogen-bond donors (Lipinski definition) is 1. The van der Waals surface area contributed by atoms with E-state index >= 15 is 0 Å². The van der Waals surface area contributed by atoms with Crippen LogP contribution in [0.4, 0.5) is 5.69 Å². The van der Waals surface area contributed by atoms with Crippen molar-refractivity contribution < 1.29 is 14.3 Å². The van der Waals surface area contributed by atoms with Crippen LogP contribution < -0.4 is 5.32 Å². The summed E-state index contributed by atoms with van der Waals surface area (Å²) in [6.07, 6.45) is 0.752. The van der Waals surface area contributed by atoms with E-state index in [9.17, 15) is 9.59 Å². The molecule has 1 heterocycles. The maximum atomic E-state index is 12.1. The van der Waals surface area contributed by atoms with Crippen LogP contribution in [0.1, 0.15) is 12.0 Å². The minimum atomic E-state index is -0.189. The summed E-state index contributed by atoms with van der Waals surface area (Å²) in [4.78, 5) is 25.5. The van der Waals surface area contributed by atoms with E-state index in [0.29, 0.717) is 13.1 Å². The predicted molar refractivity (Wildman–Crippen MR) is 89.1 cm³/mol. The molecular formula is C15H19IN2O3. The number of hydrogen-bond acceptors (Lipinski definition) is 4. The number of halogens is 1. The van der Waals surface area contributed by atoms with Gasteiger partial charge in [0, 0.05) is 15.8 Å². The Morgan fingerprint density at radius 3 is 2.90 bits per heavy atom. The second kappa shape index (κ2) is 7.22. The van der Waals surface area contributed by atoms with Crippen molar-refractivity contribution in [3.05, 3.63) is 27.3 Å². The maximum absolute atomic E-state index is 12.1. The van der Waals surface area contributed by atoms with Crippen molar-refractivity contribution in [2.24, 2.45) is 5.92 Å². The second-order valence-electron chi connectivity index (χ2n) is 5.25. The smallest absolute Gasteiger partial charge is 0.310 e. The minimum absolute atomic E-state index is 0.0511. The summed E-state index contributed by atoms with van der Waals surface area (Å²) in [6.45, 7) is 3.62. The number of likely N-dealkylation sites (tertiary alicyclic amines) is 1. The first kappa shape index (κ1) is 16.2. The molecule has 1 aliphatic rings. The maximum Gasteiger partial charge on any atom is 0.310 e. The van der Waals surface area contributed by atoms with Crippen molar-refractivity contribution in [3.8, 4) is 0 Å². The van der Waals surface area contributed by atoms with Gasteiger partial charge in [0.25, 0.3) is 0 Å². The van der Waals surface area contributed by atoms with Gasteiger partial charge in [-0.25, -0.2) is 0 Å². The Morgan fingerprint density at radius 1 is 1.48 bits per heavy atom. The number of nitrogens with zero attached hydrogens (tertiary/aromatic N) is 1. The number of methoxy groups -OCH3 is 1. The van der Waals surface area contributed by atoms with Gasteiger partial charge in [-0.1, -0.05) is 0 Å². The van der Waals surface area contributed by atoms with Crippen LogP contribution in [0.25, 0.3) is 0 Å². The number of ether oxygens (including phenoxy) is 1. The van der Waals surface area contributed by atoms with Gasteiger partial charge in [0.1, 0.15) is 0 Å². The highest BCUT2D eigenvalue weighted by atomic mass is 127. The fourth-order valence-electron chi connectivity index (χ4n) is 2.50. The molecule has 1 fully saturated rings. The van der Waals surface area contributed by atoms with Crippen LogP contribution in [0.3, 0.4) is 0 Å². The predicted octanol–water partition coefficient (Wildman–Crippen LogP) is 2.03. The van der Waals surface area contributed by atoms with Crippen molar-refractivity contribution in [2.45, 2.75) is 13.3 Å². The van der Waals surface area contributed by atoms with Crippen LogP contribution in [0.15, 0.2) is 18.2 Å². The summed E-state index contributed by atoms with van der Waals surface area (Å²) >= 11 is 2.24. The van der Waals surface area contributed by atoms with Gasteiger partial charge in [0.2, 0.25) is 5.91 Å². The van der Waals surface area contributed by atoms with Gasteiger partial charge in [-0.15, -0.1) is 0 Å². The fourth-order valence-corrected chi connectivity index (χ4v) is 3.14. The molecule has 0 aliphatic carbocycles. The zero-order valence-corrected chi connectivity index (χ0v) is 14.3. The fraction of sp³-hybridized carbons (Fsp3) is 0.467. The molecule has 1 saturated heterocycles. The molecule has 21 heavy (non-hydrogen) atoms. The van der Waals surface area contributed by atoms with Crippen molar-refractivity contribution in [1.29, 1.82) is 0 Å². The molecular weight excluding hydrogens is 383 g/mol. The number of anilines is 1. The molecule has 0 radical (unpaired) electrons. The molecule has 6 heteroatoms. The number of carbonyl (C=O) groups excluding carboxylic acids is 2. The topological polar surface area (TPSA) is 58.6 Å². The lowest BCUT2D eigenvalue weighted by atomic mass is 10.1.